The van der Waals surface area contributed by atoms with Crippen LogP contribution in [0.1, 0.15) is 22.7 Å². The predicted molar refractivity (Wildman–Crippen MR) is 128 cm³/mol. The highest BCUT2D eigenvalue weighted by molar-refractivity contribution is 5.92. The smallest absolute Gasteiger partial charge is 0.340 e. The summed E-state index contributed by atoms with van der Waals surface area (Å²) in [6, 6.07) is 7.01. The molecule has 0 radical (unpaired) electrons. The number of esters is 1. The van der Waals surface area contributed by atoms with Crippen molar-refractivity contribution in [1.29, 1.82) is 0 Å². The van der Waals surface area contributed by atoms with Gasteiger partial charge in [0, 0.05) is 37.9 Å². The first-order chi connectivity index (χ1) is 16.9. The average molecular weight is 486 g/mol. The van der Waals surface area contributed by atoms with Crippen LogP contribution in [0.2, 0.25) is 0 Å². The Hall–Kier alpha value is -3.50. The average Bonchev–Trinajstić information content (AvgIpc) is 2.87. The van der Waals surface area contributed by atoms with Crippen molar-refractivity contribution in [2.24, 2.45) is 5.73 Å². The SMILES string of the molecule is COC(=O)C1=C(N)Oc2cc(C)n(CCN3CCOCC3)c(=O)c2[C@@H]1c1ccc(OC)c(OC)c1. The molecule has 0 saturated carbocycles. The van der Waals surface area contributed by atoms with Gasteiger partial charge >= 0.3 is 5.97 Å². The first-order valence-corrected chi connectivity index (χ1v) is 11.4. The molecule has 0 amide bonds. The molecule has 35 heavy (non-hydrogen) atoms. The lowest BCUT2D eigenvalue weighted by atomic mass is 9.83. The van der Waals surface area contributed by atoms with Gasteiger partial charge in [0.25, 0.3) is 5.56 Å². The largest absolute Gasteiger partial charge is 0.493 e. The molecule has 0 aliphatic carbocycles. The molecule has 0 spiro atoms. The number of benzene rings is 1. The number of carbonyl (C=O) groups excluding carboxylic acids is 1. The van der Waals surface area contributed by atoms with Gasteiger partial charge in [-0.1, -0.05) is 6.07 Å². The third-order valence-electron chi connectivity index (χ3n) is 6.46. The van der Waals surface area contributed by atoms with Crippen LogP contribution in [-0.4, -0.2) is 69.6 Å². The summed E-state index contributed by atoms with van der Waals surface area (Å²) in [5.74, 6) is -0.289. The standard InChI is InChI=1S/C25H31N3O7/c1-15-13-19-21(24(29)28(15)8-7-27-9-11-34-12-10-27)20(22(23(26)35-19)25(30)33-4)16-5-6-17(31-2)18(14-16)32-3/h5-6,13-14,20H,7-12,26H2,1-4H3/t20-/m0/s1. The van der Waals surface area contributed by atoms with E-state index < -0.39 is 11.9 Å². The minimum atomic E-state index is -0.811. The second kappa shape index (κ2) is 10.4. The fourth-order valence-electron chi connectivity index (χ4n) is 4.60. The van der Waals surface area contributed by atoms with E-state index in [2.05, 4.69) is 4.90 Å². The number of morpholine rings is 1. The number of hydrogen-bond acceptors (Lipinski definition) is 9. The molecule has 188 valence electrons. The van der Waals surface area contributed by atoms with Gasteiger partial charge in [-0.15, -0.1) is 0 Å². The zero-order valence-corrected chi connectivity index (χ0v) is 20.5. The Bertz CT molecular complexity index is 1200. The van der Waals surface area contributed by atoms with Crippen molar-refractivity contribution in [2.45, 2.75) is 19.4 Å². The molecule has 1 saturated heterocycles. The number of nitrogens with two attached hydrogens (primary N) is 1. The van der Waals surface area contributed by atoms with Crippen LogP contribution >= 0.6 is 0 Å². The number of aromatic nitrogens is 1. The zero-order valence-electron chi connectivity index (χ0n) is 20.5. The van der Waals surface area contributed by atoms with Gasteiger partial charge in [0.2, 0.25) is 5.88 Å². The van der Waals surface area contributed by atoms with Gasteiger partial charge < -0.3 is 34.0 Å². The summed E-state index contributed by atoms with van der Waals surface area (Å²) < 4.78 is 28.8. The lowest BCUT2D eigenvalue weighted by molar-refractivity contribution is -0.136. The first-order valence-electron chi connectivity index (χ1n) is 11.4. The van der Waals surface area contributed by atoms with Gasteiger partial charge in [-0.25, -0.2) is 4.79 Å². The molecule has 2 aliphatic rings. The van der Waals surface area contributed by atoms with E-state index in [0.29, 0.717) is 54.7 Å². The van der Waals surface area contributed by atoms with Crippen molar-refractivity contribution in [3.05, 3.63) is 62.9 Å². The van der Waals surface area contributed by atoms with E-state index in [1.807, 2.05) is 6.92 Å². The van der Waals surface area contributed by atoms with E-state index in [-0.39, 0.29) is 17.0 Å². The molecule has 1 aromatic carbocycles. The lowest BCUT2D eigenvalue weighted by Gasteiger charge is -2.30. The van der Waals surface area contributed by atoms with Crippen LogP contribution in [0.3, 0.4) is 0 Å². The van der Waals surface area contributed by atoms with Crippen LogP contribution in [0.15, 0.2) is 40.5 Å². The van der Waals surface area contributed by atoms with Crippen molar-refractivity contribution in [3.63, 3.8) is 0 Å². The Kier molecular flexibility index (Phi) is 7.32. The molecule has 1 atom stereocenters. The Morgan fingerprint density at radius 1 is 1.09 bits per heavy atom. The predicted octanol–water partition coefficient (Wildman–Crippen LogP) is 1.37. The van der Waals surface area contributed by atoms with Crippen LogP contribution in [0, 0.1) is 6.92 Å². The van der Waals surface area contributed by atoms with E-state index >= 15 is 0 Å². The van der Waals surface area contributed by atoms with Gasteiger partial charge in [0.05, 0.1) is 46.0 Å². The summed E-state index contributed by atoms with van der Waals surface area (Å²) in [4.78, 5) is 29.0. The van der Waals surface area contributed by atoms with Gasteiger partial charge in [-0.3, -0.25) is 9.69 Å². The van der Waals surface area contributed by atoms with Crippen molar-refractivity contribution >= 4 is 5.97 Å². The Morgan fingerprint density at radius 3 is 2.46 bits per heavy atom. The number of pyridine rings is 1. The molecule has 0 bridgehead atoms. The number of nitrogens with zero attached hydrogens (tertiary/aromatic N) is 2. The maximum atomic E-state index is 13.9. The Balaban J connectivity index is 1.84. The maximum Gasteiger partial charge on any atom is 0.340 e. The summed E-state index contributed by atoms with van der Waals surface area (Å²) in [5, 5.41) is 0. The molecule has 10 heteroatoms. The van der Waals surface area contributed by atoms with Crippen LogP contribution in [-0.2, 0) is 20.8 Å². The number of aryl methyl sites for hydroxylation is 1. The van der Waals surface area contributed by atoms with E-state index in [1.54, 1.807) is 28.8 Å². The van der Waals surface area contributed by atoms with Gasteiger partial charge in [-0.2, -0.15) is 0 Å². The van der Waals surface area contributed by atoms with Crippen LogP contribution in [0.25, 0.3) is 0 Å². The topological polar surface area (TPSA) is 114 Å². The number of ether oxygens (including phenoxy) is 5. The van der Waals surface area contributed by atoms with Crippen molar-refractivity contribution in [1.82, 2.24) is 9.47 Å². The second-order valence-corrected chi connectivity index (χ2v) is 8.39. The highest BCUT2D eigenvalue weighted by Gasteiger charge is 2.38. The quantitative estimate of drug-likeness (QED) is 0.581. The summed E-state index contributed by atoms with van der Waals surface area (Å²) in [6.45, 7) is 6.05. The fourth-order valence-corrected chi connectivity index (χ4v) is 4.60. The molecule has 4 rings (SSSR count). The van der Waals surface area contributed by atoms with E-state index in [9.17, 15) is 9.59 Å². The normalized spacial score (nSPS) is 18.0. The number of methoxy groups -OCH3 is 3. The fraction of sp³-hybridized carbons (Fsp3) is 0.440. The molecule has 1 aromatic heterocycles. The van der Waals surface area contributed by atoms with Crippen molar-refractivity contribution < 1.29 is 28.5 Å². The molecule has 2 aliphatic heterocycles. The van der Waals surface area contributed by atoms with Gasteiger partial charge in [0.15, 0.2) is 11.5 Å². The summed E-state index contributed by atoms with van der Waals surface area (Å²) in [5.41, 5.74) is 7.69. The minimum Gasteiger partial charge on any atom is -0.493 e. The number of hydrogen-bond donors (Lipinski definition) is 1. The van der Waals surface area contributed by atoms with Gasteiger partial charge in [-0.05, 0) is 24.6 Å². The van der Waals surface area contributed by atoms with E-state index in [1.165, 1.54) is 21.3 Å². The lowest BCUT2D eigenvalue weighted by Crippen LogP contribution is -2.40. The maximum absolute atomic E-state index is 13.9. The number of fused-ring (bicyclic) bond motifs is 1. The second-order valence-electron chi connectivity index (χ2n) is 8.39. The van der Waals surface area contributed by atoms with Crippen LogP contribution in [0.5, 0.6) is 17.2 Å². The van der Waals surface area contributed by atoms with Crippen molar-refractivity contribution in [2.75, 3.05) is 54.2 Å². The number of carbonyl (C=O) groups is 1. The molecular formula is C25H31N3O7. The Morgan fingerprint density at radius 2 is 1.80 bits per heavy atom. The molecule has 1 fully saturated rings. The Labute approximate surface area is 203 Å². The summed E-state index contributed by atoms with van der Waals surface area (Å²) in [7, 11) is 4.32. The zero-order chi connectivity index (χ0) is 25.1. The minimum absolute atomic E-state index is 0.0629. The molecule has 3 heterocycles. The third kappa shape index (κ3) is 4.71. The summed E-state index contributed by atoms with van der Waals surface area (Å²) in [6.07, 6.45) is 0. The third-order valence-corrected chi connectivity index (χ3v) is 6.46. The van der Waals surface area contributed by atoms with Gasteiger partial charge in [0.1, 0.15) is 11.3 Å². The monoisotopic (exact) mass is 485 g/mol. The van der Waals surface area contributed by atoms with Crippen molar-refractivity contribution in [3.8, 4) is 17.2 Å². The molecular weight excluding hydrogens is 454 g/mol. The summed E-state index contributed by atoms with van der Waals surface area (Å²) >= 11 is 0. The van der Waals surface area contributed by atoms with Crippen LogP contribution < -0.4 is 25.5 Å². The molecule has 0 unspecified atom stereocenters. The van der Waals surface area contributed by atoms with E-state index in [4.69, 9.17) is 29.4 Å². The molecule has 2 N–H and O–H groups in total. The number of rotatable bonds is 7. The molecule has 2 aromatic rings. The highest BCUT2D eigenvalue weighted by Crippen LogP contribution is 2.43. The molecule has 10 nitrogen and oxygen atoms in total. The highest BCUT2D eigenvalue weighted by atomic mass is 16.5. The van der Waals surface area contributed by atoms with Crippen LogP contribution in [0.4, 0.5) is 0 Å². The first kappa shape index (κ1) is 24.6. The van der Waals surface area contributed by atoms with E-state index in [0.717, 1.165) is 18.8 Å².